The fraction of sp³-hybridized carbons (Fsp3) is 0.344. The zero-order valence-corrected chi connectivity index (χ0v) is 24.0. The van der Waals surface area contributed by atoms with Gasteiger partial charge in [-0.25, -0.2) is 4.79 Å². The first-order valence-corrected chi connectivity index (χ1v) is 13.7. The van der Waals surface area contributed by atoms with Crippen LogP contribution in [0.5, 0.6) is 11.5 Å². The van der Waals surface area contributed by atoms with E-state index < -0.39 is 5.97 Å². The van der Waals surface area contributed by atoms with Crippen LogP contribution in [-0.2, 0) is 16.0 Å². The van der Waals surface area contributed by atoms with E-state index in [1.807, 2.05) is 44.2 Å². The van der Waals surface area contributed by atoms with E-state index in [2.05, 4.69) is 4.90 Å². The summed E-state index contributed by atoms with van der Waals surface area (Å²) in [7, 11) is 2.86. The lowest BCUT2D eigenvalue weighted by atomic mass is 9.87. The number of halogens is 1. The van der Waals surface area contributed by atoms with Crippen LogP contribution in [0.3, 0.4) is 0 Å². The number of carbonyl (C=O) groups excluding carboxylic acids is 3. The van der Waals surface area contributed by atoms with Crippen LogP contribution in [0.1, 0.15) is 68.8 Å². The molecule has 7 nitrogen and oxygen atoms in total. The number of hydrogen-bond donors (Lipinski definition) is 0. The molecule has 3 aromatic carbocycles. The fourth-order valence-electron chi connectivity index (χ4n) is 5.02. The first kappa shape index (κ1) is 29.3. The molecular formula is C32H34ClNO6. The van der Waals surface area contributed by atoms with Gasteiger partial charge in [0, 0.05) is 36.5 Å². The maximum atomic E-state index is 13.0. The summed E-state index contributed by atoms with van der Waals surface area (Å²) in [6, 6.07) is 16.0. The Morgan fingerprint density at radius 3 is 2.45 bits per heavy atom. The lowest BCUT2D eigenvalue weighted by Gasteiger charge is -2.38. The third-order valence-corrected chi connectivity index (χ3v) is 7.57. The number of carbonyl (C=O) groups is 3. The van der Waals surface area contributed by atoms with Gasteiger partial charge in [-0.2, -0.15) is 0 Å². The van der Waals surface area contributed by atoms with Gasteiger partial charge in [-0.3, -0.25) is 14.5 Å². The molecule has 1 aliphatic heterocycles. The standard InChI is InChI=1S/C32H34ClNO6/c1-5-24(35)12-14-34-13-11-21-17-29(38-3)30(18-26(21)31(34)25-10-9-20(2)15-27(25)33)40-19-28(36)22-7-6-8-23(16-22)32(37)39-4/h6-10,15-18,31H,5,11-14,19H2,1-4H3. The second kappa shape index (κ2) is 13.1. The molecule has 0 spiro atoms. The molecule has 3 aromatic rings. The van der Waals surface area contributed by atoms with Gasteiger partial charge in [-0.1, -0.05) is 42.8 Å². The lowest BCUT2D eigenvalue weighted by molar-refractivity contribution is -0.119. The molecule has 0 fully saturated rings. The SMILES string of the molecule is CCC(=O)CCN1CCc2cc(OC)c(OCC(=O)c3cccc(C(=O)OC)c3)cc2C1c1ccc(C)cc1Cl. The molecule has 0 aromatic heterocycles. The van der Waals surface area contributed by atoms with Gasteiger partial charge < -0.3 is 14.2 Å². The highest BCUT2D eigenvalue weighted by Crippen LogP contribution is 2.43. The topological polar surface area (TPSA) is 82.1 Å². The van der Waals surface area contributed by atoms with E-state index in [0.717, 1.165) is 35.2 Å². The van der Waals surface area contributed by atoms with Gasteiger partial charge in [-0.15, -0.1) is 0 Å². The molecule has 8 heteroatoms. The molecule has 1 atom stereocenters. The molecule has 0 amide bonds. The zero-order chi connectivity index (χ0) is 28.8. The predicted octanol–water partition coefficient (Wildman–Crippen LogP) is 6.02. The van der Waals surface area contributed by atoms with Crippen molar-refractivity contribution in [3.8, 4) is 11.5 Å². The van der Waals surface area contributed by atoms with Gasteiger partial charge in [0.25, 0.3) is 0 Å². The van der Waals surface area contributed by atoms with Crippen molar-refractivity contribution in [1.82, 2.24) is 4.90 Å². The average Bonchev–Trinajstić information content (AvgIpc) is 2.97. The van der Waals surface area contributed by atoms with Crippen molar-refractivity contribution in [1.29, 1.82) is 0 Å². The molecule has 0 saturated heterocycles. The van der Waals surface area contributed by atoms with Gasteiger partial charge in [0.15, 0.2) is 23.9 Å². The van der Waals surface area contributed by atoms with E-state index in [9.17, 15) is 14.4 Å². The van der Waals surface area contributed by atoms with Crippen molar-refractivity contribution in [3.05, 3.63) is 93.0 Å². The number of benzene rings is 3. The fourth-order valence-corrected chi connectivity index (χ4v) is 5.36. The number of rotatable bonds is 11. The Morgan fingerprint density at radius 1 is 0.975 bits per heavy atom. The van der Waals surface area contributed by atoms with Crippen molar-refractivity contribution < 1.29 is 28.6 Å². The van der Waals surface area contributed by atoms with Crippen LogP contribution in [0.25, 0.3) is 0 Å². The summed E-state index contributed by atoms with van der Waals surface area (Å²) in [5.74, 6) is 0.367. The van der Waals surface area contributed by atoms with Crippen molar-refractivity contribution in [2.24, 2.45) is 0 Å². The molecule has 0 radical (unpaired) electrons. The number of methoxy groups -OCH3 is 2. The number of fused-ring (bicyclic) bond motifs is 1. The summed E-state index contributed by atoms with van der Waals surface area (Å²) in [6.45, 7) is 5.00. The molecule has 1 heterocycles. The number of esters is 1. The van der Waals surface area contributed by atoms with Crippen molar-refractivity contribution in [2.45, 2.75) is 39.2 Å². The Bertz CT molecular complexity index is 1420. The van der Waals surface area contributed by atoms with Gasteiger partial charge >= 0.3 is 5.97 Å². The van der Waals surface area contributed by atoms with Gasteiger partial charge in [0.05, 0.1) is 25.8 Å². The molecule has 0 aliphatic carbocycles. The average molecular weight is 564 g/mol. The first-order valence-electron chi connectivity index (χ1n) is 13.3. The van der Waals surface area contributed by atoms with Crippen LogP contribution >= 0.6 is 11.6 Å². The Hall–Kier alpha value is -3.68. The van der Waals surface area contributed by atoms with Gasteiger partial charge in [0.2, 0.25) is 0 Å². The van der Waals surface area contributed by atoms with Crippen molar-refractivity contribution in [3.63, 3.8) is 0 Å². The third kappa shape index (κ3) is 6.54. The van der Waals surface area contributed by atoms with Crippen LogP contribution in [-0.4, -0.2) is 56.4 Å². The van der Waals surface area contributed by atoms with Crippen molar-refractivity contribution >= 4 is 29.1 Å². The van der Waals surface area contributed by atoms with Crippen molar-refractivity contribution in [2.75, 3.05) is 33.9 Å². The summed E-state index contributed by atoms with van der Waals surface area (Å²) in [6.07, 6.45) is 1.74. The molecule has 0 saturated carbocycles. The molecule has 210 valence electrons. The highest BCUT2D eigenvalue weighted by Gasteiger charge is 2.32. The van der Waals surface area contributed by atoms with E-state index in [-0.39, 0.29) is 24.2 Å². The Balaban J connectivity index is 1.67. The number of Topliss-reactive ketones (excluding diaryl/α,β-unsaturated/α-hetero) is 2. The summed E-state index contributed by atoms with van der Waals surface area (Å²) < 4.78 is 16.4. The van der Waals surface area contributed by atoms with E-state index in [1.165, 1.54) is 13.2 Å². The highest BCUT2D eigenvalue weighted by atomic mass is 35.5. The maximum absolute atomic E-state index is 13.0. The summed E-state index contributed by atoms with van der Waals surface area (Å²) in [5, 5.41) is 0.656. The minimum Gasteiger partial charge on any atom is -0.493 e. The molecule has 4 rings (SSSR count). The number of nitrogens with zero attached hydrogens (tertiary/aromatic N) is 1. The summed E-state index contributed by atoms with van der Waals surface area (Å²) in [4.78, 5) is 39.3. The van der Waals surface area contributed by atoms with Crippen LogP contribution in [0.15, 0.2) is 54.6 Å². The number of hydrogen-bond acceptors (Lipinski definition) is 7. The molecular weight excluding hydrogens is 530 g/mol. The van der Waals surface area contributed by atoms with Crippen LogP contribution in [0, 0.1) is 6.92 Å². The van der Waals surface area contributed by atoms with Gasteiger partial charge in [0.1, 0.15) is 5.78 Å². The Morgan fingerprint density at radius 2 is 1.75 bits per heavy atom. The number of aryl methyl sites for hydroxylation is 1. The third-order valence-electron chi connectivity index (χ3n) is 7.24. The van der Waals surface area contributed by atoms with Crippen LogP contribution in [0.2, 0.25) is 5.02 Å². The molecule has 0 N–H and O–H groups in total. The predicted molar refractivity (Wildman–Crippen MR) is 154 cm³/mol. The summed E-state index contributed by atoms with van der Waals surface area (Å²) in [5.41, 5.74) is 4.74. The quantitative estimate of drug-likeness (QED) is 0.208. The van der Waals surface area contributed by atoms with E-state index in [1.54, 1.807) is 25.3 Å². The lowest BCUT2D eigenvalue weighted by Crippen LogP contribution is -2.37. The monoisotopic (exact) mass is 563 g/mol. The van der Waals surface area contributed by atoms with Gasteiger partial charge in [-0.05, 0) is 65.9 Å². The first-order chi connectivity index (χ1) is 19.2. The minimum absolute atomic E-state index is 0.192. The second-order valence-corrected chi connectivity index (χ2v) is 10.2. The molecule has 1 aliphatic rings. The largest absolute Gasteiger partial charge is 0.493 e. The molecule has 0 bridgehead atoms. The Kier molecular flexibility index (Phi) is 9.61. The Labute approximate surface area is 240 Å². The second-order valence-electron chi connectivity index (χ2n) is 9.84. The molecule has 40 heavy (non-hydrogen) atoms. The highest BCUT2D eigenvalue weighted by molar-refractivity contribution is 6.31. The van der Waals surface area contributed by atoms with Crippen LogP contribution in [0.4, 0.5) is 0 Å². The number of ketones is 2. The minimum atomic E-state index is -0.516. The number of ether oxygens (including phenoxy) is 3. The van der Waals surface area contributed by atoms with E-state index in [0.29, 0.717) is 47.0 Å². The smallest absolute Gasteiger partial charge is 0.337 e. The van der Waals surface area contributed by atoms with Crippen LogP contribution < -0.4 is 9.47 Å². The zero-order valence-electron chi connectivity index (χ0n) is 23.3. The molecule has 1 unspecified atom stereocenters. The summed E-state index contributed by atoms with van der Waals surface area (Å²) >= 11 is 6.77. The normalized spacial score (nSPS) is 14.8. The van der Waals surface area contributed by atoms with E-state index >= 15 is 0 Å². The van der Waals surface area contributed by atoms with E-state index in [4.69, 9.17) is 25.8 Å². The maximum Gasteiger partial charge on any atom is 0.337 e.